The van der Waals surface area contributed by atoms with Crippen LogP contribution in [0, 0.1) is 19.7 Å². The van der Waals surface area contributed by atoms with Crippen molar-refractivity contribution in [2.75, 3.05) is 5.32 Å². The first-order valence-electron chi connectivity index (χ1n) is 9.54. The van der Waals surface area contributed by atoms with Crippen LogP contribution < -0.4 is 16.6 Å². The molecule has 2 aromatic carbocycles. The number of nitrogens with one attached hydrogen (secondary N) is 1. The number of amides is 1. The summed E-state index contributed by atoms with van der Waals surface area (Å²) < 4.78 is 20.3. The second-order valence-electron chi connectivity index (χ2n) is 7.21. The van der Waals surface area contributed by atoms with E-state index in [0.717, 1.165) is 27.2 Å². The van der Waals surface area contributed by atoms with Crippen LogP contribution in [-0.4, -0.2) is 19.4 Å². The van der Waals surface area contributed by atoms with Crippen LogP contribution in [0.15, 0.2) is 57.4 Å². The number of hydrogen-bond donors (Lipinski definition) is 1. The van der Waals surface area contributed by atoms with E-state index in [0.29, 0.717) is 5.69 Å². The second-order valence-corrected chi connectivity index (χ2v) is 7.84. The van der Waals surface area contributed by atoms with Gasteiger partial charge in [0, 0.05) is 16.6 Å². The molecule has 0 aliphatic heterocycles. The summed E-state index contributed by atoms with van der Waals surface area (Å²) in [6.07, 6.45) is 0. The lowest BCUT2D eigenvalue weighted by molar-refractivity contribution is -0.116. The summed E-state index contributed by atoms with van der Waals surface area (Å²) in [5.74, 6) is -0.936. The lowest BCUT2D eigenvalue weighted by atomic mass is 10.1. The molecule has 4 aromatic rings. The molecule has 2 aromatic heterocycles. The number of carbonyl (C=O) groups excluding carboxylic acids is 1. The Morgan fingerprint density at radius 2 is 1.77 bits per heavy atom. The zero-order chi connectivity index (χ0) is 22.1. The van der Waals surface area contributed by atoms with Crippen molar-refractivity contribution in [3.8, 4) is 0 Å². The third-order valence-electron chi connectivity index (χ3n) is 5.08. The van der Waals surface area contributed by atoms with Gasteiger partial charge in [0.05, 0.1) is 12.1 Å². The molecule has 2 heterocycles. The highest BCUT2D eigenvalue weighted by Crippen LogP contribution is 2.19. The fourth-order valence-corrected chi connectivity index (χ4v) is 4.13. The maximum atomic E-state index is 14.1. The third-order valence-corrected chi connectivity index (χ3v) is 5.70. The Bertz CT molecular complexity index is 1400. The number of nitrogens with zero attached hydrogens (tertiary/aromatic N) is 3. The normalized spacial score (nSPS) is 11.1. The minimum Gasteiger partial charge on any atom is -0.324 e. The minimum absolute atomic E-state index is 0.0702. The number of anilines is 1. The molecule has 0 bridgehead atoms. The fourth-order valence-electron chi connectivity index (χ4n) is 3.46. The molecular formula is C22H19FN4O3S. The van der Waals surface area contributed by atoms with E-state index in [1.54, 1.807) is 11.4 Å². The molecule has 158 valence electrons. The van der Waals surface area contributed by atoms with Crippen molar-refractivity contribution < 1.29 is 9.18 Å². The molecule has 0 unspecified atom stereocenters. The number of aryl methyl sites for hydroxylation is 2. The van der Waals surface area contributed by atoms with Crippen molar-refractivity contribution in [3.63, 3.8) is 0 Å². The quantitative estimate of drug-likeness (QED) is 0.519. The highest BCUT2D eigenvalue weighted by atomic mass is 32.1. The van der Waals surface area contributed by atoms with E-state index in [1.807, 2.05) is 32.0 Å². The number of halogens is 1. The summed E-state index contributed by atoms with van der Waals surface area (Å²) >= 11 is 1.02. The standard InChI is InChI=1S/C22H19FN4O3S/c1-13-6-5-7-14(2)19(13)24-18(28)11-26-17-12-31-25-20(17)21(29)27(22(26)30)10-15-8-3-4-9-16(15)23/h3-9,12H,10-11H2,1-2H3,(H,24,28). The monoisotopic (exact) mass is 438 g/mol. The fraction of sp³-hybridized carbons (Fsp3) is 0.182. The van der Waals surface area contributed by atoms with E-state index in [9.17, 15) is 18.8 Å². The Hall–Kier alpha value is -3.59. The van der Waals surface area contributed by atoms with Gasteiger partial charge in [-0.3, -0.25) is 18.7 Å². The van der Waals surface area contributed by atoms with Crippen LogP contribution in [0.2, 0.25) is 0 Å². The number of para-hydroxylation sites is 1. The number of fused-ring (bicyclic) bond motifs is 1. The summed E-state index contributed by atoms with van der Waals surface area (Å²) in [6, 6.07) is 11.6. The molecule has 0 fully saturated rings. The van der Waals surface area contributed by atoms with Gasteiger partial charge in [0.1, 0.15) is 12.4 Å². The number of rotatable bonds is 5. The van der Waals surface area contributed by atoms with E-state index >= 15 is 0 Å². The average Bonchev–Trinajstić information content (AvgIpc) is 3.23. The number of carbonyl (C=O) groups is 1. The molecule has 0 spiro atoms. The Balaban J connectivity index is 1.75. The van der Waals surface area contributed by atoms with E-state index in [4.69, 9.17) is 0 Å². The first-order valence-corrected chi connectivity index (χ1v) is 10.4. The average molecular weight is 438 g/mol. The molecule has 9 heteroatoms. The number of hydrogen-bond acceptors (Lipinski definition) is 5. The number of benzene rings is 2. The number of aromatic nitrogens is 3. The summed E-state index contributed by atoms with van der Waals surface area (Å²) in [4.78, 5) is 38.7. The zero-order valence-electron chi connectivity index (χ0n) is 16.9. The topological polar surface area (TPSA) is 86.0 Å². The van der Waals surface area contributed by atoms with Gasteiger partial charge in [-0.25, -0.2) is 9.18 Å². The molecule has 4 rings (SSSR count). The lowest BCUT2D eigenvalue weighted by Crippen LogP contribution is -2.42. The highest BCUT2D eigenvalue weighted by molar-refractivity contribution is 7.04. The maximum Gasteiger partial charge on any atom is 0.332 e. The van der Waals surface area contributed by atoms with Gasteiger partial charge in [-0.15, -0.1) is 0 Å². The Kier molecular flexibility index (Phi) is 5.51. The van der Waals surface area contributed by atoms with Crippen molar-refractivity contribution in [2.24, 2.45) is 0 Å². The summed E-state index contributed by atoms with van der Waals surface area (Å²) in [6.45, 7) is 3.20. The minimum atomic E-state index is -0.697. The zero-order valence-corrected chi connectivity index (χ0v) is 17.7. The highest BCUT2D eigenvalue weighted by Gasteiger charge is 2.19. The largest absolute Gasteiger partial charge is 0.332 e. The van der Waals surface area contributed by atoms with Gasteiger partial charge in [-0.1, -0.05) is 36.4 Å². The van der Waals surface area contributed by atoms with Crippen LogP contribution in [0.3, 0.4) is 0 Å². The van der Waals surface area contributed by atoms with Gasteiger partial charge < -0.3 is 5.32 Å². The van der Waals surface area contributed by atoms with Crippen molar-refractivity contribution >= 4 is 34.2 Å². The van der Waals surface area contributed by atoms with Crippen molar-refractivity contribution in [3.05, 3.63) is 91.2 Å². The Morgan fingerprint density at radius 1 is 1.06 bits per heavy atom. The van der Waals surface area contributed by atoms with E-state index in [2.05, 4.69) is 9.69 Å². The Labute approximate surface area is 180 Å². The van der Waals surface area contributed by atoms with Gasteiger partial charge in [0.25, 0.3) is 5.56 Å². The molecule has 7 nitrogen and oxygen atoms in total. The molecule has 0 aliphatic rings. The summed E-state index contributed by atoms with van der Waals surface area (Å²) in [5, 5.41) is 4.39. The van der Waals surface area contributed by atoms with Crippen LogP contribution >= 0.6 is 11.5 Å². The van der Waals surface area contributed by atoms with E-state index < -0.39 is 23.0 Å². The molecule has 31 heavy (non-hydrogen) atoms. The molecule has 0 saturated heterocycles. The van der Waals surface area contributed by atoms with Crippen molar-refractivity contribution in [1.29, 1.82) is 0 Å². The van der Waals surface area contributed by atoms with E-state index in [1.165, 1.54) is 22.8 Å². The SMILES string of the molecule is Cc1cccc(C)c1NC(=O)Cn1c(=O)n(Cc2ccccc2F)c(=O)c2nscc21. The van der Waals surface area contributed by atoms with Crippen LogP contribution in [0.25, 0.3) is 11.0 Å². The first kappa shape index (κ1) is 20.7. The van der Waals surface area contributed by atoms with Gasteiger partial charge in [0.2, 0.25) is 5.91 Å². The van der Waals surface area contributed by atoms with Crippen molar-refractivity contribution in [2.45, 2.75) is 26.9 Å². The molecule has 0 atom stereocenters. The molecule has 0 radical (unpaired) electrons. The smallest absolute Gasteiger partial charge is 0.324 e. The lowest BCUT2D eigenvalue weighted by Gasteiger charge is -2.14. The van der Waals surface area contributed by atoms with Crippen LogP contribution in [-0.2, 0) is 17.9 Å². The van der Waals surface area contributed by atoms with E-state index in [-0.39, 0.29) is 29.7 Å². The van der Waals surface area contributed by atoms with Crippen LogP contribution in [0.4, 0.5) is 10.1 Å². The summed E-state index contributed by atoms with van der Waals surface area (Å²) in [7, 11) is 0. The van der Waals surface area contributed by atoms with Gasteiger partial charge in [-0.2, -0.15) is 4.37 Å². The van der Waals surface area contributed by atoms with Gasteiger partial charge in [0.15, 0.2) is 5.52 Å². The van der Waals surface area contributed by atoms with Crippen LogP contribution in [0.1, 0.15) is 16.7 Å². The maximum absolute atomic E-state index is 14.1. The first-order chi connectivity index (χ1) is 14.9. The second kappa shape index (κ2) is 8.27. The van der Waals surface area contributed by atoms with Crippen LogP contribution in [0.5, 0.6) is 0 Å². The molecule has 0 saturated carbocycles. The summed E-state index contributed by atoms with van der Waals surface area (Å²) in [5.41, 5.74) is 1.71. The molecule has 0 aliphatic carbocycles. The Morgan fingerprint density at radius 3 is 2.48 bits per heavy atom. The molecule has 1 N–H and O–H groups in total. The third kappa shape index (κ3) is 3.91. The van der Waals surface area contributed by atoms with Gasteiger partial charge >= 0.3 is 5.69 Å². The van der Waals surface area contributed by atoms with Crippen molar-refractivity contribution in [1.82, 2.24) is 13.5 Å². The predicted molar refractivity (Wildman–Crippen MR) is 118 cm³/mol. The predicted octanol–water partition coefficient (Wildman–Crippen LogP) is 3.06. The van der Waals surface area contributed by atoms with Gasteiger partial charge in [-0.05, 0) is 42.6 Å². The molecular weight excluding hydrogens is 419 g/mol. The molecule has 1 amide bonds.